The minimum atomic E-state index is -3.07. The summed E-state index contributed by atoms with van der Waals surface area (Å²) in [4.78, 5) is 17.4. The van der Waals surface area contributed by atoms with E-state index in [1.807, 2.05) is 0 Å². The van der Waals surface area contributed by atoms with Crippen LogP contribution in [-0.2, 0) is 4.74 Å². The SMILES string of the molecule is Cc1nc2nc(C3CCOCC3)nc(-c3ccc(Cl)cc3F)c2nc1OC(F)F. The Balaban J connectivity index is 1.95. The number of aromatic nitrogens is 4. The summed E-state index contributed by atoms with van der Waals surface area (Å²) in [5, 5.41) is 0.220. The second-order valence-electron chi connectivity index (χ2n) is 6.61. The predicted octanol–water partition coefficient (Wildman–Crippen LogP) is 4.68. The Morgan fingerprint density at radius 3 is 2.59 bits per heavy atom. The summed E-state index contributed by atoms with van der Waals surface area (Å²) in [6, 6.07) is 4.12. The molecule has 0 N–H and O–H groups in total. The Bertz CT molecular complexity index is 1060. The normalized spacial score (nSPS) is 15.2. The molecular weight excluding hydrogens is 409 g/mol. The number of fused-ring (bicyclic) bond motifs is 1. The van der Waals surface area contributed by atoms with Crippen molar-refractivity contribution >= 4 is 22.8 Å². The summed E-state index contributed by atoms with van der Waals surface area (Å²) >= 11 is 5.86. The molecule has 0 spiro atoms. The van der Waals surface area contributed by atoms with Crippen LogP contribution in [0.15, 0.2) is 18.2 Å². The summed E-state index contributed by atoms with van der Waals surface area (Å²) in [7, 11) is 0. The number of ether oxygens (including phenoxy) is 2. The zero-order chi connectivity index (χ0) is 20.5. The number of rotatable bonds is 4. The van der Waals surface area contributed by atoms with Crippen LogP contribution in [0.3, 0.4) is 0 Å². The zero-order valence-corrected chi connectivity index (χ0v) is 16.1. The molecule has 29 heavy (non-hydrogen) atoms. The first-order valence-corrected chi connectivity index (χ1v) is 9.34. The summed E-state index contributed by atoms with van der Waals surface area (Å²) in [6.07, 6.45) is 1.43. The molecule has 1 aromatic carbocycles. The van der Waals surface area contributed by atoms with E-state index in [1.165, 1.54) is 19.1 Å². The van der Waals surface area contributed by atoms with Crippen LogP contribution >= 0.6 is 11.6 Å². The van der Waals surface area contributed by atoms with Crippen molar-refractivity contribution in [3.63, 3.8) is 0 Å². The fraction of sp³-hybridized carbons (Fsp3) is 0.368. The molecule has 152 valence electrons. The van der Waals surface area contributed by atoms with Crippen LogP contribution in [0.1, 0.15) is 30.3 Å². The van der Waals surface area contributed by atoms with Crippen LogP contribution in [0.4, 0.5) is 13.2 Å². The first kappa shape index (κ1) is 19.8. The standard InChI is InChI=1S/C19H16ClF3N4O2/c1-9-18(29-19(22)23)26-15-14(12-3-2-11(20)8-13(12)21)25-16(27-17(15)24-9)10-4-6-28-7-5-10/h2-3,8,10,19H,4-7H2,1H3. The molecule has 6 nitrogen and oxygen atoms in total. The van der Waals surface area contributed by atoms with Crippen LogP contribution in [-0.4, -0.2) is 39.8 Å². The van der Waals surface area contributed by atoms with E-state index in [2.05, 4.69) is 24.7 Å². The van der Waals surface area contributed by atoms with Crippen molar-refractivity contribution in [2.75, 3.05) is 13.2 Å². The van der Waals surface area contributed by atoms with Gasteiger partial charge in [-0.1, -0.05) is 11.6 Å². The maximum atomic E-state index is 14.7. The van der Waals surface area contributed by atoms with Gasteiger partial charge in [0.2, 0.25) is 5.88 Å². The number of halogens is 4. The number of nitrogens with zero attached hydrogens (tertiary/aromatic N) is 4. The highest BCUT2D eigenvalue weighted by Gasteiger charge is 2.24. The van der Waals surface area contributed by atoms with Gasteiger partial charge in [0.1, 0.15) is 28.5 Å². The summed E-state index contributed by atoms with van der Waals surface area (Å²) in [5.74, 6) is -0.470. The third-order valence-corrected chi connectivity index (χ3v) is 4.89. The molecule has 0 amide bonds. The molecule has 1 aliphatic heterocycles. The van der Waals surface area contributed by atoms with Crippen LogP contribution < -0.4 is 4.74 Å². The third-order valence-electron chi connectivity index (χ3n) is 4.65. The van der Waals surface area contributed by atoms with Gasteiger partial charge < -0.3 is 9.47 Å². The lowest BCUT2D eigenvalue weighted by molar-refractivity contribution is -0.0533. The van der Waals surface area contributed by atoms with E-state index in [-0.39, 0.29) is 44.9 Å². The van der Waals surface area contributed by atoms with Crippen LogP contribution in [0, 0.1) is 12.7 Å². The van der Waals surface area contributed by atoms with Gasteiger partial charge in [0, 0.05) is 29.7 Å². The predicted molar refractivity (Wildman–Crippen MR) is 99.7 cm³/mol. The van der Waals surface area contributed by atoms with Gasteiger partial charge in [0.15, 0.2) is 5.65 Å². The lowest BCUT2D eigenvalue weighted by Crippen LogP contribution is -2.17. The molecule has 0 atom stereocenters. The molecular formula is C19H16ClF3N4O2. The second-order valence-corrected chi connectivity index (χ2v) is 7.04. The van der Waals surface area contributed by atoms with Crippen molar-refractivity contribution < 1.29 is 22.6 Å². The molecule has 0 bridgehead atoms. The topological polar surface area (TPSA) is 70.0 Å². The molecule has 0 radical (unpaired) electrons. The average molecular weight is 425 g/mol. The van der Waals surface area contributed by atoms with Gasteiger partial charge in [-0.25, -0.2) is 24.3 Å². The fourth-order valence-electron chi connectivity index (χ4n) is 3.23. The smallest absolute Gasteiger partial charge is 0.388 e. The van der Waals surface area contributed by atoms with Crippen molar-refractivity contribution in [3.05, 3.63) is 40.6 Å². The summed E-state index contributed by atoms with van der Waals surface area (Å²) in [6.45, 7) is -0.438. The van der Waals surface area contributed by atoms with E-state index < -0.39 is 12.4 Å². The molecule has 4 rings (SSSR count). The fourth-order valence-corrected chi connectivity index (χ4v) is 3.39. The van der Waals surface area contributed by atoms with E-state index in [1.54, 1.807) is 0 Å². The minimum Gasteiger partial charge on any atom is -0.415 e. The van der Waals surface area contributed by atoms with Crippen molar-refractivity contribution in [2.45, 2.75) is 32.3 Å². The third kappa shape index (κ3) is 4.11. The molecule has 1 saturated heterocycles. The van der Waals surface area contributed by atoms with Crippen LogP contribution in [0.25, 0.3) is 22.4 Å². The lowest BCUT2D eigenvalue weighted by Gasteiger charge is -2.21. The van der Waals surface area contributed by atoms with Crippen molar-refractivity contribution in [1.29, 1.82) is 0 Å². The highest BCUT2D eigenvalue weighted by molar-refractivity contribution is 6.30. The molecule has 0 unspecified atom stereocenters. The van der Waals surface area contributed by atoms with Gasteiger partial charge in [-0.2, -0.15) is 8.78 Å². The van der Waals surface area contributed by atoms with Crippen LogP contribution in [0.5, 0.6) is 5.88 Å². The quantitative estimate of drug-likeness (QED) is 0.605. The van der Waals surface area contributed by atoms with Gasteiger partial charge in [0.05, 0.1) is 0 Å². The molecule has 0 aliphatic carbocycles. The molecule has 3 heterocycles. The number of hydrogen-bond donors (Lipinski definition) is 0. The minimum absolute atomic E-state index is 0.0151. The Labute approximate surface area is 169 Å². The molecule has 0 saturated carbocycles. The Morgan fingerprint density at radius 1 is 1.14 bits per heavy atom. The number of hydrogen-bond acceptors (Lipinski definition) is 6. The lowest BCUT2D eigenvalue weighted by atomic mass is 9.99. The van der Waals surface area contributed by atoms with E-state index in [4.69, 9.17) is 16.3 Å². The van der Waals surface area contributed by atoms with Gasteiger partial charge in [-0.15, -0.1) is 0 Å². The number of aryl methyl sites for hydroxylation is 1. The maximum absolute atomic E-state index is 14.7. The van der Waals surface area contributed by atoms with Crippen LogP contribution in [0.2, 0.25) is 5.02 Å². The number of benzene rings is 1. The Kier molecular flexibility index (Phi) is 5.51. The molecule has 1 fully saturated rings. The van der Waals surface area contributed by atoms with Crippen molar-refractivity contribution in [1.82, 2.24) is 19.9 Å². The van der Waals surface area contributed by atoms with E-state index in [0.29, 0.717) is 31.9 Å². The Hall–Kier alpha value is -2.52. The first-order valence-electron chi connectivity index (χ1n) is 8.96. The van der Waals surface area contributed by atoms with E-state index >= 15 is 0 Å². The van der Waals surface area contributed by atoms with E-state index in [9.17, 15) is 13.2 Å². The average Bonchev–Trinajstić information content (AvgIpc) is 2.68. The largest absolute Gasteiger partial charge is 0.415 e. The van der Waals surface area contributed by atoms with Gasteiger partial charge in [-0.05, 0) is 38.0 Å². The maximum Gasteiger partial charge on any atom is 0.388 e. The summed E-state index contributed by atoms with van der Waals surface area (Å²) in [5.41, 5.74) is 0.679. The molecule has 10 heteroatoms. The second kappa shape index (κ2) is 8.08. The van der Waals surface area contributed by atoms with Crippen molar-refractivity contribution in [3.8, 4) is 17.1 Å². The zero-order valence-electron chi connectivity index (χ0n) is 15.3. The van der Waals surface area contributed by atoms with Gasteiger partial charge in [0.25, 0.3) is 0 Å². The Morgan fingerprint density at radius 2 is 1.90 bits per heavy atom. The van der Waals surface area contributed by atoms with Gasteiger partial charge in [-0.3, -0.25) is 0 Å². The highest BCUT2D eigenvalue weighted by Crippen LogP contribution is 2.33. The van der Waals surface area contributed by atoms with Gasteiger partial charge >= 0.3 is 6.61 Å². The molecule has 3 aromatic rings. The molecule has 1 aliphatic rings. The van der Waals surface area contributed by atoms with Crippen molar-refractivity contribution in [2.24, 2.45) is 0 Å². The number of alkyl halides is 2. The van der Waals surface area contributed by atoms with E-state index in [0.717, 1.165) is 6.07 Å². The first-order chi connectivity index (χ1) is 13.9. The molecule has 2 aromatic heterocycles. The highest BCUT2D eigenvalue weighted by atomic mass is 35.5. The monoisotopic (exact) mass is 424 g/mol. The summed E-state index contributed by atoms with van der Waals surface area (Å²) < 4.78 is 50.0.